The molecule has 0 spiro atoms. The van der Waals surface area contributed by atoms with Gasteiger partial charge in [0, 0.05) is 43.0 Å². The lowest BCUT2D eigenvalue weighted by Gasteiger charge is -2.16. The Morgan fingerprint density at radius 2 is 1.52 bits per heavy atom. The Bertz CT molecular complexity index is 1060. The maximum atomic E-state index is 10.7. The summed E-state index contributed by atoms with van der Waals surface area (Å²) in [6.07, 6.45) is -0.504. The fourth-order valence-corrected chi connectivity index (χ4v) is 4.24. The Morgan fingerprint density at radius 1 is 0.926 bits per heavy atom. The van der Waals surface area contributed by atoms with Gasteiger partial charge >= 0.3 is 0 Å². The first-order valence-electron chi connectivity index (χ1n) is 8.87. The van der Waals surface area contributed by atoms with Crippen molar-refractivity contribution in [2.45, 2.75) is 19.6 Å². The van der Waals surface area contributed by atoms with Gasteiger partial charge in [0.2, 0.25) is 0 Å². The molecule has 0 saturated carbocycles. The molecule has 0 amide bonds. The number of hydrogen-bond acceptors (Lipinski definition) is 2. The van der Waals surface area contributed by atoms with Crippen LogP contribution in [0.25, 0.3) is 21.8 Å². The molecule has 27 heavy (non-hydrogen) atoms. The van der Waals surface area contributed by atoms with Crippen molar-refractivity contribution in [3.63, 3.8) is 0 Å². The molecule has 0 radical (unpaired) electrons. The minimum atomic E-state index is -0.504. The van der Waals surface area contributed by atoms with E-state index in [0.29, 0.717) is 13.1 Å². The lowest BCUT2D eigenvalue weighted by atomic mass is 10.2. The zero-order valence-electron chi connectivity index (χ0n) is 14.9. The van der Waals surface area contributed by atoms with Gasteiger partial charge in [0.15, 0.2) is 0 Å². The van der Waals surface area contributed by atoms with E-state index in [1.165, 1.54) is 16.3 Å². The average Bonchev–Trinajstić information content (AvgIpc) is 2.93. The number of anilines is 1. The lowest BCUT2D eigenvalue weighted by molar-refractivity contribution is 0.169. The zero-order valence-corrected chi connectivity index (χ0v) is 18.1. The van der Waals surface area contributed by atoms with E-state index < -0.39 is 6.10 Å². The van der Waals surface area contributed by atoms with Crippen molar-refractivity contribution in [2.75, 3.05) is 11.9 Å². The summed E-state index contributed by atoms with van der Waals surface area (Å²) in [7, 11) is 0. The molecular weight excluding hydrogens is 468 g/mol. The second kappa shape index (κ2) is 7.66. The highest BCUT2D eigenvalue weighted by Crippen LogP contribution is 2.33. The highest BCUT2D eigenvalue weighted by Gasteiger charge is 2.14. The van der Waals surface area contributed by atoms with E-state index in [9.17, 15) is 5.11 Å². The molecule has 0 unspecified atom stereocenters. The summed E-state index contributed by atoms with van der Waals surface area (Å²) in [5, 5.41) is 16.4. The van der Waals surface area contributed by atoms with Crippen molar-refractivity contribution in [2.24, 2.45) is 0 Å². The molecule has 3 nitrogen and oxygen atoms in total. The van der Waals surface area contributed by atoms with Crippen molar-refractivity contribution in [1.29, 1.82) is 0 Å². The predicted molar refractivity (Wildman–Crippen MR) is 121 cm³/mol. The van der Waals surface area contributed by atoms with Crippen LogP contribution in [-0.2, 0) is 6.54 Å². The van der Waals surface area contributed by atoms with Gasteiger partial charge in [0.05, 0.1) is 12.6 Å². The van der Waals surface area contributed by atoms with Crippen molar-refractivity contribution < 1.29 is 5.11 Å². The molecule has 0 saturated heterocycles. The van der Waals surface area contributed by atoms with Crippen LogP contribution in [0.15, 0.2) is 69.6 Å². The largest absolute Gasteiger partial charge is 0.389 e. The van der Waals surface area contributed by atoms with Gasteiger partial charge in [-0.25, -0.2) is 0 Å². The molecule has 1 heterocycles. The van der Waals surface area contributed by atoms with Crippen LogP contribution in [-0.4, -0.2) is 22.3 Å². The van der Waals surface area contributed by atoms with Gasteiger partial charge in [0.25, 0.3) is 0 Å². The van der Waals surface area contributed by atoms with E-state index in [0.717, 1.165) is 25.7 Å². The fraction of sp³-hybridized carbons (Fsp3) is 0.182. The molecule has 2 N–H and O–H groups in total. The molecule has 0 fully saturated rings. The third-order valence-corrected chi connectivity index (χ3v) is 5.84. The number of aliphatic hydroxyl groups excluding tert-OH is 1. The van der Waals surface area contributed by atoms with Gasteiger partial charge < -0.3 is 15.0 Å². The Morgan fingerprint density at radius 3 is 2.11 bits per heavy atom. The van der Waals surface area contributed by atoms with Crippen molar-refractivity contribution >= 4 is 59.4 Å². The average molecular weight is 488 g/mol. The van der Waals surface area contributed by atoms with E-state index in [-0.39, 0.29) is 0 Å². The van der Waals surface area contributed by atoms with E-state index in [2.05, 4.69) is 79.0 Å². The molecule has 4 rings (SSSR count). The van der Waals surface area contributed by atoms with Gasteiger partial charge in [-0.3, -0.25) is 0 Å². The number of aryl methyl sites for hydroxylation is 1. The van der Waals surface area contributed by atoms with Crippen molar-refractivity contribution in [3.8, 4) is 0 Å². The second-order valence-electron chi connectivity index (χ2n) is 6.78. The Hall–Kier alpha value is -1.82. The maximum Gasteiger partial charge on any atom is 0.0891 e. The summed E-state index contributed by atoms with van der Waals surface area (Å²) in [5.41, 5.74) is 4.49. The number of aliphatic hydroxyl groups is 1. The van der Waals surface area contributed by atoms with Gasteiger partial charge in [-0.1, -0.05) is 50.1 Å². The molecule has 0 bridgehead atoms. The summed E-state index contributed by atoms with van der Waals surface area (Å²) in [5.74, 6) is 0. The molecule has 5 heteroatoms. The van der Waals surface area contributed by atoms with Crippen LogP contribution in [0.5, 0.6) is 0 Å². The molecule has 1 atom stereocenters. The van der Waals surface area contributed by atoms with Crippen LogP contribution < -0.4 is 5.32 Å². The van der Waals surface area contributed by atoms with Crippen LogP contribution in [0.4, 0.5) is 5.69 Å². The van der Waals surface area contributed by atoms with Crippen LogP contribution in [0, 0.1) is 6.92 Å². The summed E-state index contributed by atoms with van der Waals surface area (Å²) >= 11 is 7.15. The first-order chi connectivity index (χ1) is 13.0. The molecule has 3 aromatic carbocycles. The number of rotatable bonds is 5. The molecule has 1 aromatic heterocycles. The Balaban J connectivity index is 1.65. The lowest BCUT2D eigenvalue weighted by Crippen LogP contribution is -2.25. The number of halogens is 2. The molecule has 0 aliphatic carbocycles. The SMILES string of the molecule is Cc1ccccc1NC[C@@H](O)Cn1c2ccc(Br)cc2c2cc(Br)ccc21. The number of benzene rings is 3. The van der Waals surface area contributed by atoms with E-state index in [4.69, 9.17) is 0 Å². The van der Waals surface area contributed by atoms with Crippen molar-refractivity contribution in [3.05, 3.63) is 75.2 Å². The number of fused-ring (bicyclic) bond motifs is 3. The predicted octanol–water partition coefficient (Wildman–Crippen LogP) is 6.10. The highest BCUT2D eigenvalue weighted by atomic mass is 79.9. The third-order valence-electron chi connectivity index (χ3n) is 4.86. The Labute approximate surface area is 175 Å². The van der Waals surface area contributed by atoms with Crippen LogP contribution in [0.3, 0.4) is 0 Å². The summed E-state index contributed by atoms with van der Waals surface area (Å²) < 4.78 is 4.31. The van der Waals surface area contributed by atoms with Gasteiger partial charge in [-0.15, -0.1) is 0 Å². The summed E-state index contributed by atoms with van der Waals surface area (Å²) in [4.78, 5) is 0. The second-order valence-corrected chi connectivity index (χ2v) is 8.61. The quantitative estimate of drug-likeness (QED) is 0.356. The first kappa shape index (κ1) is 18.5. The van der Waals surface area contributed by atoms with Crippen LogP contribution >= 0.6 is 31.9 Å². The van der Waals surface area contributed by atoms with Gasteiger partial charge in [-0.2, -0.15) is 0 Å². The number of para-hydroxylation sites is 1. The van der Waals surface area contributed by atoms with E-state index in [1.807, 2.05) is 30.3 Å². The summed E-state index contributed by atoms with van der Waals surface area (Å²) in [6.45, 7) is 3.10. The van der Waals surface area contributed by atoms with Crippen LogP contribution in [0.2, 0.25) is 0 Å². The summed E-state index contributed by atoms with van der Waals surface area (Å²) in [6, 6.07) is 20.7. The smallest absolute Gasteiger partial charge is 0.0891 e. The highest BCUT2D eigenvalue weighted by molar-refractivity contribution is 9.10. The number of nitrogens with zero attached hydrogens (tertiary/aromatic N) is 1. The minimum Gasteiger partial charge on any atom is -0.389 e. The first-order valence-corrected chi connectivity index (χ1v) is 10.5. The normalized spacial score (nSPS) is 12.6. The van der Waals surface area contributed by atoms with Gasteiger partial charge in [-0.05, 0) is 55.0 Å². The molecule has 138 valence electrons. The molecule has 0 aliphatic rings. The molecule has 4 aromatic rings. The Kier molecular flexibility index (Phi) is 5.26. The molecule has 0 aliphatic heterocycles. The monoisotopic (exact) mass is 486 g/mol. The number of aromatic nitrogens is 1. The molecular formula is C22H20Br2N2O. The standard InChI is InChI=1S/C22H20Br2N2O/c1-14-4-2-3-5-20(14)25-12-17(27)13-26-21-8-6-15(23)10-18(21)19-11-16(24)7-9-22(19)26/h2-11,17,25,27H,12-13H2,1H3/t17-/m1/s1. The minimum absolute atomic E-state index is 0.499. The topological polar surface area (TPSA) is 37.2 Å². The fourth-order valence-electron chi connectivity index (χ4n) is 3.52. The zero-order chi connectivity index (χ0) is 19.0. The maximum absolute atomic E-state index is 10.7. The van der Waals surface area contributed by atoms with Crippen LogP contribution in [0.1, 0.15) is 5.56 Å². The van der Waals surface area contributed by atoms with Gasteiger partial charge in [0.1, 0.15) is 0 Å². The van der Waals surface area contributed by atoms with E-state index >= 15 is 0 Å². The van der Waals surface area contributed by atoms with Crippen molar-refractivity contribution in [1.82, 2.24) is 4.57 Å². The third kappa shape index (κ3) is 3.77. The number of hydrogen-bond donors (Lipinski definition) is 2. The number of nitrogens with one attached hydrogen (secondary N) is 1. The van der Waals surface area contributed by atoms with E-state index in [1.54, 1.807) is 0 Å².